The first-order valence-corrected chi connectivity index (χ1v) is 9.08. The fraction of sp³-hybridized carbons (Fsp3) is 0.227. The largest absolute Gasteiger partial charge is 0.381 e. The summed E-state index contributed by atoms with van der Waals surface area (Å²) in [6, 6.07) is 18.7. The van der Waals surface area contributed by atoms with Crippen molar-refractivity contribution in [1.82, 2.24) is 0 Å². The van der Waals surface area contributed by atoms with E-state index < -0.39 is 0 Å². The van der Waals surface area contributed by atoms with E-state index in [9.17, 15) is 4.79 Å². The molecule has 0 saturated heterocycles. The molecule has 0 unspecified atom stereocenters. The fourth-order valence-electron chi connectivity index (χ4n) is 3.70. The van der Waals surface area contributed by atoms with E-state index >= 15 is 0 Å². The van der Waals surface area contributed by atoms with E-state index in [1.807, 2.05) is 12.1 Å². The Morgan fingerprint density at radius 2 is 1.63 bits per heavy atom. The van der Waals surface area contributed by atoms with Crippen LogP contribution in [0.5, 0.6) is 0 Å². The summed E-state index contributed by atoms with van der Waals surface area (Å²) in [5.74, 6) is 0.131. The number of hydrogen-bond donors (Lipinski definition) is 0. The molecule has 0 saturated carbocycles. The second-order valence-electron chi connectivity index (χ2n) is 6.56. The molecule has 4 rings (SSSR count). The lowest BCUT2D eigenvalue weighted by Gasteiger charge is -2.13. The number of hydrogen-bond acceptors (Lipinski definition) is 3. The Balaban J connectivity index is 1.58. The van der Waals surface area contributed by atoms with Crippen molar-refractivity contribution < 1.29 is 9.53 Å². The molecule has 0 atom stereocenters. The number of Topliss-reactive ketones (excluding diaryl/α,β-unsaturated/α-hetero) is 1. The maximum absolute atomic E-state index is 12.8. The summed E-state index contributed by atoms with van der Waals surface area (Å²) >= 11 is 0. The first kappa shape index (κ1) is 17.3. The van der Waals surface area contributed by atoms with Crippen LogP contribution in [0.4, 0.5) is 0 Å². The molecule has 0 amide bonds. The molecular formula is C22H19N3O2. The number of ketones is 1. The minimum absolute atomic E-state index is 0.131. The van der Waals surface area contributed by atoms with Gasteiger partial charge in [0.05, 0.1) is 6.61 Å². The average molecular weight is 357 g/mol. The highest BCUT2D eigenvalue weighted by Gasteiger charge is 2.14. The van der Waals surface area contributed by atoms with Crippen molar-refractivity contribution in [1.29, 1.82) is 0 Å². The van der Waals surface area contributed by atoms with E-state index in [1.54, 1.807) is 0 Å². The van der Waals surface area contributed by atoms with Crippen LogP contribution in [0.25, 0.3) is 42.8 Å². The van der Waals surface area contributed by atoms with Gasteiger partial charge in [0.2, 0.25) is 0 Å². The van der Waals surface area contributed by atoms with Gasteiger partial charge in [-0.2, -0.15) is 0 Å². The number of benzene rings is 4. The van der Waals surface area contributed by atoms with Crippen LogP contribution in [0.15, 0.2) is 59.7 Å². The highest BCUT2D eigenvalue weighted by molar-refractivity contribution is 6.26. The molecule has 0 N–H and O–H groups in total. The number of ether oxygens (including phenoxy) is 1. The zero-order chi connectivity index (χ0) is 18.6. The van der Waals surface area contributed by atoms with Crippen LogP contribution < -0.4 is 0 Å². The molecule has 27 heavy (non-hydrogen) atoms. The van der Waals surface area contributed by atoms with E-state index in [0.29, 0.717) is 32.6 Å². The molecule has 0 spiro atoms. The topological polar surface area (TPSA) is 75.1 Å². The molecule has 5 nitrogen and oxygen atoms in total. The maximum atomic E-state index is 12.8. The number of carbonyl (C=O) groups excluding carboxylic acids is 1. The van der Waals surface area contributed by atoms with Crippen molar-refractivity contribution in [3.8, 4) is 0 Å². The van der Waals surface area contributed by atoms with E-state index in [0.717, 1.165) is 16.3 Å². The molecule has 0 aromatic heterocycles. The minimum Gasteiger partial charge on any atom is -0.381 e. The van der Waals surface area contributed by atoms with Crippen molar-refractivity contribution in [3.05, 3.63) is 70.6 Å². The van der Waals surface area contributed by atoms with Crippen LogP contribution in [-0.4, -0.2) is 25.5 Å². The highest BCUT2D eigenvalue weighted by atomic mass is 16.5. The molecule has 0 heterocycles. The van der Waals surface area contributed by atoms with Crippen LogP contribution >= 0.6 is 0 Å². The predicted molar refractivity (Wildman–Crippen MR) is 109 cm³/mol. The molecule has 5 heteroatoms. The van der Waals surface area contributed by atoms with Crippen molar-refractivity contribution in [2.24, 2.45) is 5.11 Å². The monoisotopic (exact) mass is 357 g/mol. The van der Waals surface area contributed by atoms with Gasteiger partial charge >= 0.3 is 0 Å². The van der Waals surface area contributed by atoms with E-state index in [4.69, 9.17) is 10.3 Å². The second-order valence-corrected chi connectivity index (χ2v) is 6.56. The lowest BCUT2D eigenvalue weighted by molar-refractivity contribution is 0.0945. The summed E-state index contributed by atoms with van der Waals surface area (Å²) in [5, 5.41) is 10.4. The van der Waals surface area contributed by atoms with Crippen LogP contribution in [0, 0.1) is 0 Å². The van der Waals surface area contributed by atoms with Crippen molar-refractivity contribution in [2.45, 2.75) is 12.8 Å². The summed E-state index contributed by atoms with van der Waals surface area (Å²) in [6.45, 7) is 1.19. The van der Waals surface area contributed by atoms with E-state index in [1.165, 1.54) is 21.5 Å². The molecule has 0 bridgehead atoms. The zero-order valence-corrected chi connectivity index (χ0v) is 14.9. The third kappa shape index (κ3) is 3.31. The van der Waals surface area contributed by atoms with Crippen molar-refractivity contribution in [2.75, 3.05) is 19.8 Å². The summed E-state index contributed by atoms with van der Waals surface area (Å²) in [6.07, 6.45) is 1.09. The normalized spacial score (nSPS) is 11.3. The summed E-state index contributed by atoms with van der Waals surface area (Å²) < 4.78 is 5.38. The van der Waals surface area contributed by atoms with Crippen LogP contribution in [-0.2, 0) is 4.74 Å². The van der Waals surface area contributed by atoms with Crippen LogP contribution in [0.2, 0.25) is 0 Å². The van der Waals surface area contributed by atoms with Crippen LogP contribution in [0.1, 0.15) is 23.2 Å². The maximum Gasteiger partial charge on any atom is 0.163 e. The minimum atomic E-state index is 0.131. The summed E-state index contributed by atoms with van der Waals surface area (Å²) in [5.41, 5.74) is 8.99. The Morgan fingerprint density at radius 3 is 2.41 bits per heavy atom. The Bertz CT molecular complexity index is 1150. The van der Waals surface area contributed by atoms with Gasteiger partial charge in [-0.1, -0.05) is 59.7 Å². The molecule has 4 aromatic rings. The fourth-order valence-corrected chi connectivity index (χ4v) is 3.70. The standard InChI is InChI=1S/C22H19N3O2/c23-25-24-12-14-27-13-2-5-20(26)18-10-8-17-7-6-15-3-1-4-16-9-11-19(18)22(17)21(15)16/h1,3-4,6-11H,2,5,12-14H2. The predicted octanol–water partition coefficient (Wildman–Crippen LogP) is 5.87. The Morgan fingerprint density at radius 1 is 0.926 bits per heavy atom. The summed E-state index contributed by atoms with van der Waals surface area (Å²) in [4.78, 5) is 15.5. The molecule has 0 aliphatic carbocycles. The van der Waals surface area contributed by atoms with Gasteiger partial charge in [-0.15, -0.1) is 0 Å². The Kier molecular flexibility index (Phi) is 4.88. The zero-order valence-electron chi connectivity index (χ0n) is 14.9. The van der Waals surface area contributed by atoms with Gasteiger partial charge in [0.1, 0.15) is 0 Å². The molecule has 0 aliphatic heterocycles. The lowest BCUT2D eigenvalue weighted by atomic mass is 9.90. The van der Waals surface area contributed by atoms with Gasteiger partial charge < -0.3 is 4.74 Å². The van der Waals surface area contributed by atoms with Crippen molar-refractivity contribution in [3.63, 3.8) is 0 Å². The number of azide groups is 1. The molecule has 0 aliphatic rings. The van der Waals surface area contributed by atoms with Crippen LogP contribution in [0.3, 0.4) is 0 Å². The average Bonchev–Trinajstić information content (AvgIpc) is 2.71. The SMILES string of the molecule is [N-]=[N+]=NCCOCCCC(=O)c1ccc2ccc3cccc4ccc1c2c34. The number of carbonyl (C=O) groups is 1. The quantitative estimate of drug-likeness (QED) is 0.0987. The van der Waals surface area contributed by atoms with Gasteiger partial charge in [-0.3, -0.25) is 4.79 Å². The van der Waals surface area contributed by atoms with Gasteiger partial charge in [-0.05, 0) is 44.3 Å². The number of nitrogens with zero attached hydrogens (tertiary/aromatic N) is 3. The lowest BCUT2D eigenvalue weighted by Crippen LogP contribution is -2.05. The molecule has 4 aromatic carbocycles. The Hall–Kier alpha value is -3.14. The first-order chi connectivity index (χ1) is 13.3. The molecule has 0 fully saturated rings. The molecular weight excluding hydrogens is 338 g/mol. The van der Waals surface area contributed by atoms with E-state index in [-0.39, 0.29) is 5.78 Å². The molecule has 0 radical (unpaired) electrons. The van der Waals surface area contributed by atoms with E-state index in [2.05, 4.69) is 52.5 Å². The van der Waals surface area contributed by atoms with Gasteiger partial charge in [0, 0.05) is 30.0 Å². The number of rotatable bonds is 8. The van der Waals surface area contributed by atoms with Gasteiger partial charge in [0.25, 0.3) is 0 Å². The second kappa shape index (κ2) is 7.62. The Labute approximate surface area is 156 Å². The third-order valence-corrected chi connectivity index (χ3v) is 4.92. The summed E-state index contributed by atoms with van der Waals surface area (Å²) in [7, 11) is 0. The third-order valence-electron chi connectivity index (χ3n) is 4.92. The smallest absolute Gasteiger partial charge is 0.163 e. The molecule has 134 valence electrons. The van der Waals surface area contributed by atoms with Gasteiger partial charge in [-0.25, -0.2) is 0 Å². The first-order valence-electron chi connectivity index (χ1n) is 9.08. The van der Waals surface area contributed by atoms with Crippen molar-refractivity contribution >= 4 is 38.1 Å². The van der Waals surface area contributed by atoms with Gasteiger partial charge in [0.15, 0.2) is 5.78 Å². The highest BCUT2D eigenvalue weighted by Crippen LogP contribution is 2.36.